The van der Waals surface area contributed by atoms with Gasteiger partial charge in [-0.3, -0.25) is 0 Å². The van der Waals surface area contributed by atoms with E-state index in [2.05, 4.69) is 45.6 Å². The van der Waals surface area contributed by atoms with Gasteiger partial charge in [-0.2, -0.15) is 0 Å². The summed E-state index contributed by atoms with van der Waals surface area (Å²) < 4.78 is 12.4. The standard InChI is InChI=1S/C16H25ClO2Si/c1-12(2)14(17)16(19-20(3,4)5)11-18-15(16)13-9-7-6-8-10-13/h6-10,12,14-15H,11H2,1-5H3/t14-,15-,16+/m0/s1. The first-order chi connectivity index (χ1) is 9.26. The molecule has 0 N–H and O–H groups in total. The first-order valence-corrected chi connectivity index (χ1v) is 11.1. The molecule has 0 amide bonds. The summed E-state index contributed by atoms with van der Waals surface area (Å²) in [5, 5.41) is -0.0480. The van der Waals surface area contributed by atoms with Gasteiger partial charge in [-0.05, 0) is 31.1 Å². The van der Waals surface area contributed by atoms with Gasteiger partial charge in [0.1, 0.15) is 11.7 Å². The maximum absolute atomic E-state index is 6.74. The first kappa shape index (κ1) is 16.0. The molecule has 20 heavy (non-hydrogen) atoms. The van der Waals surface area contributed by atoms with E-state index in [9.17, 15) is 0 Å². The number of hydrogen-bond donors (Lipinski definition) is 0. The number of ether oxygens (including phenoxy) is 1. The van der Waals surface area contributed by atoms with Crippen molar-refractivity contribution in [3.05, 3.63) is 35.9 Å². The van der Waals surface area contributed by atoms with Crippen molar-refractivity contribution in [2.75, 3.05) is 6.61 Å². The van der Waals surface area contributed by atoms with Gasteiger partial charge >= 0.3 is 0 Å². The van der Waals surface area contributed by atoms with E-state index in [-0.39, 0.29) is 17.1 Å². The highest BCUT2D eigenvalue weighted by Gasteiger charge is 2.57. The van der Waals surface area contributed by atoms with Crippen LogP contribution in [0.3, 0.4) is 0 Å². The second kappa shape index (κ2) is 5.80. The monoisotopic (exact) mass is 312 g/mol. The van der Waals surface area contributed by atoms with E-state index in [0.717, 1.165) is 5.56 Å². The van der Waals surface area contributed by atoms with E-state index in [1.54, 1.807) is 0 Å². The van der Waals surface area contributed by atoms with E-state index >= 15 is 0 Å². The van der Waals surface area contributed by atoms with Gasteiger partial charge in [0.05, 0.1) is 12.0 Å². The topological polar surface area (TPSA) is 18.5 Å². The normalized spacial score (nSPS) is 28.2. The molecule has 1 heterocycles. The van der Waals surface area contributed by atoms with Gasteiger partial charge in [-0.15, -0.1) is 11.6 Å². The second-order valence-corrected chi connectivity index (χ2v) is 11.8. The molecule has 0 spiro atoms. The van der Waals surface area contributed by atoms with Crippen LogP contribution >= 0.6 is 11.6 Å². The highest BCUT2D eigenvalue weighted by molar-refractivity contribution is 6.69. The summed E-state index contributed by atoms with van der Waals surface area (Å²) >= 11 is 6.74. The third-order valence-corrected chi connectivity index (χ3v) is 5.44. The smallest absolute Gasteiger partial charge is 0.184 e. The van der Waals surface area contributed by atoms with Crippen molar-refractivity contribution < 1.29 is 9.16 Å². The molecule has 0 bridgehead atoms. The molecule has 4 heteroatoms. The van der Waals surface area contributed by atoms with Crippen LogP contribution in [0.25, 0.3) is 0 Å². The molecule has 2 nitrogen and oxygen atoms in total. The zero-order valence-corrected chi connectivity index (χ0v) is 14.8. The van der Waals surface area contributed by atoms with E-state index < -0.39 is 8.32 Å². The molecule has 1 aromatic carbocycles. The Morgan fingerprint density at radius 1 is 1.25 bits per heavy atom. The zero-order chi connectivity index (χ0) is 15.0. The summed E-state index contributed by atoms with van der Waals surface area (Å²) in [4.78, 5) is 0. The van der Waals surface area contributed by atoms with E-state index in [1.165, 1.54) is 0 Å². The van der Waals surface area contributed by atoms with Crippen LogP contribution in [-0.4, -0.2) is 25.9 Å². The van der Waals surface area contributed by atoms with Crippen LogP contribution in [0.4, 0.5) is 0 Å². The maximum atomic E-state index is 6.74. The van der Waals surface area contributed by atoms with Crippen LogP contribution in [-0.2, 0) is 9.16 Å². The van der Waals surface area contributed by atoms with Crippen molar-refractivity contribution in [2.45, 2.75) is 50.6 Å². The van der Waals surface area contributed by atoms with Gasteiger partial charge in [0.2, 0.25) is 0 Å². The number of halogens is 1. The minimum Gasteiger partial charge on any atom is -0.405 e. The lowest BCUT2D eigenvalue weighted by atomic mass is 9.80. The Balaban J connectivity index is 2.33. The summed E-state index contributed by atoms with van der Waals surface area (Å²) in [5.74, 6) is 0.350. The molecule has 1 aromatic rings. The highest BCUT2D eigenvalue weighted by atomic mass is 35.5. The van der Waals surface area contributed by atoms with Crippen molar-refractivity contribution in [1.29, 1.82) is 0 Å². The molecule has 3 atom stereocenters. The molecule has 112 valence electrons. The molecule has 0 unspecified atom stereocenters. The van der Waals surface area contributed by atoms with Crippen LogP contribution < -0.4 is 0 Å². The minimum absolute atomic E-state index is 0.0480. The lowest BCUT2D eigenvalue weighted by Crippen LogP contribution is -2.64. The van der Waals surface area contributed by atoms with E-state index in [1.807, 2.05) is 18.2 Å². The predicted octanol–water partition coefficient (Wildman–Crippen LogP) is 4.61. The fourth-order valence-corrected chi connectivity index (χ4v) is 4.56. The first-order valence-electron chi connectivity index (χ1n) is 7.27. The Hall–Kier alpha value is -0.353. The van der Waals surface area contributed by atoms with Crippen molar-refractivity contribution in [1.82, 2.24) is 0 Å². The van der Waals surface area contributed by atoms with E-state index in [0.29, 0.717) is 12.5 Å². The second-order valence-electron chi connectivity index (χ2n) is 6.92. The summed E-state index contributed by atoms with van der Waals surface area (Å²) in [5.41, 5.74) is 0.768. The van der Waals surface area contributed by atoms with Gasteiger partial charge in [0, 0.05) is 0 Å². The van der Waals surface area contributed by atoms with Crippen molar-refractivity contribution in [3.8, 4) is 0 Å². The summed E-state index contributed by atoms with van der Waals surface area (Å²) in [7, 11) is -1.71. The molecule has 1 saturated heterocycles. The quantitative estimate of drug-likeness (QED) is 0.584. The van der Waals surface area contributed by atoms with Gasteiger partial charge in [-0.1, -0.05) is 44.2 Å². The summed E-state index contributed by atoms with van der Waals surface area (Å²) in [6, 6.07) is 10.3. The average Bonchev–Trinajstić information content (AvgIpc) is 2.34. The molecule has 0 saturated carbocycles. The summed E-state index contributed by atoms with van der Waals surface area (Å²) in [6.07, 6.45) is -0.0553. The number of benzene rings is 1. The average molecular weight is 313 g/mol. The molecule has 2 rings (SSSR count). The third-order valence-electron chi connectivity index (χ3n) is 3.57. The lowest BCUT2D eigenvalue weighted by Gasteiger charge is -2.55. The highest BCUT2D eigenvalue weighted by Crippen LogP contribution is 2.49. The van der Waals surface area contributed by atoms with Gasteiger partial charge in [0.25, 0.3) is 0 Å². The van der Waals surface area contributed by atoms with Crippen LogP contribution in [0, 0.1) is 5.92 Å². The third kappa shape index (κ3) is 3.11. The minimum atomic E-state index is -1.71. The van der Waals surface area contributed by atoms with E-state index in [4.69, 9.17) is 20.8 Å². The molecule has 0 aliphatic carbocycles. The number of rotatable bonds is 5. The molecular formula is C16H25ClO2Si. The van der Waals surface area contributed by atoms with Crippen molar-refractivity contribution >= 4 is 19.9 Å². The molecule has 1 aliphatic rings. The fraction of sp³-hybridized carbons (Fsp3) is 0.625. The lowest BCUT2D eigenvalue weighted by molar-refractivity contribution is -0.235. The van der Waals surface area contributed by atoms with Crippen LogP contribution in [0.15, 0.2) is 30.3 Å². The fourth-order valence-electron chi connectivity index (χ4n) is 2.83. The Labute approximate surface area is 128 Å². The maximum Gasteiger partial charge on any atom is 0.184 e. The molecule has 1 fully saturated rings. The Morgan fingerprint density at radius 2 is 1.85 bits per heavy atom. The molecule has 1 aliphatic heterocycles. The van der Waals surface area contributed by atoms with Crippen molar-refractivity contribution in [3.63, 3.8) is 0 Å². The zero-order valence-electron chi connectivity index (χ0n) is 13.0. The van der Waals surface area contributed by atoms with Gasteiger partial charge in [0.15, 0.2) is 8.32 Å². The Kier molecular flexibility index (Phi) is 4.65. The molecular weight excluding hydrogens is 288 g/mol. The molecule has 0 radical (unpaired) electrons. The largest absolute Gasteiger partial charge is 0.405 e. The van der Waals surface area contributed by atoms with Gasteiger partial charge in [-0.25, -0.2) is 0 Å². The number of hydrogen-bond acceptors (Lipinski definition) is 2. The van der Waals surface area contributed by atoms with Crippen LogP contribution in [0.1, 0.15) is 25.5 Å². The van der Waals surface area contributed by atoms with Crippen LogP contribution in [0.5, 0.6) is 0 Å². The molecule has 0 aromatic heterocycles. The SMILES string of the molecule is CC(C)[C@H](Cl)[C@]1(O[Si](C)(C)C)CO[C@H]1c1ccccc1. The summed E-state index contributed by atoms with van der Waals surface area (Å²) in [6.45, 7) is 11.5. The predicted molar refractivity (Wildman–Crippen MR) is 86.8 cm³/mol. The van der Waals surface area contributed by atoms with Crippen LogP contribution in [0.2, 0.25) is 19.6 Å². The number of alkyl halides is 1. The Morgan fingerprint density at radius 3 is 2.25 bits per heavy atom. The van der Waals surface area contributed by atoms with Gasteiger partial charge < -0.3 is 9.16 Å². The Bertz CT molecular complexity index is 444. The van der Waals surface area contributed by atoms with Crippen molar-refractivity contribution in [2.24, 2.45) is 5.92 Å².